The van der Waals surface area contributed by atoms with Crippen LogP contribution in [0, 0.1) is 12.7 Å². The molecule has 27 heavy (non-hydrogen) atoms. The monoisotopic (exact) mass is 383 g/mol. The maximum atomic E-state index is 13.2. The van der Waals surface area contributed by atoms with E-state index in [-0.39, 0.29) is 11.9 Å². The average molecular weight is 383 g/mol. The lowest BCUT2D eigenvalue weighted by Crippen LogP contribution is -2.43. The number of nitrogens with one attached hydrogen (secondary N) is 1. The normalized spacial score (nSPS) is 21.9. The molecule has 0 unspecified atom stereocenters. The molecule has 2 aromatic carbocycles. The Balaban J connectivity index is 1.80. The van der Waals surface area contributed by atoms with E-state index in [0.29, 0.717) is 24.3 Å². The number of ether oxygens (including phenoxy) is 2. The van der Waals surface area contributed by atoms with Gasteiger partial charge in [0.15, 0.2) is 6.29 Å². The van der Waals surface area contributed by atoms with Crippen LogP contribution in [0.2, 0.25) is 0 Å². The van der Waals surface area contributed by atoms with Crippen LogP contribution >= 0.6 is 0 Å². The van der Waals surface area contributed by atoms with E-state index in [9.17, 15) is 17.6 Å². The maximum absolute atomic E-state index is 13.2. The van der Waals surface area contributed by atoms with Crippen molar-refractivity contribution in [1.29, 1.82) is 0 Å². The predicted octanol–water partition coefficient (Wildman–Crippen LogP) is 4.92. The van der Waals surface area contributed by atoms with Gasteiger partial charge in [0.1, 0.15) is 5.82 Å². The smallest absolute Gasteiger partial charge is 0.349 e. The Morgan fingerprint density at radius 1 is 1.15 bits per heavy atom. The van der Waals surface area contributed by atoms with Gasteiger partial charge in [-0.25, -0.2) is 4.39 Å². The summed E-state index contributed by atoms with van der Waals surface area (Å²) in [5.41, 5.74) is 1.02. The van der Waals surface area contributed by atoms with Crippen molar-refractivity contribution in [2.45, 2.75) is 38.5 Å². The second-order valence-corrected chi connectivity index (χ2v) is 6.63. The summed E-state index contributed by atoms with van der Waals surface area (Å²) in [4.78, 5) is 0. The summed E-state index contributed by atoms with van der Waals surface area (Å²) in [5.74, 6) is -0.347. The quantitative estimate of drug-likeness (QED) is 0.761. The van der Waals surface area contributed by atoms with Gasteiger partial charge < -0.3 is 14.8 Å². The minimum Gasteiger partial charge on any atom is -0.349 e. The Bertz CT molecular complexity index is 777. The molecule has 1 aliphatic heterocycles. The molecule has 1 aliphatic rings. The first-order valence-corrected chi connectivity index (χ1v) is 8.69. The van der Waals surface area contributed by atoms with Crippen molar-refractivity contribution in [2.75, 3.05) is 13.2 Å². The van der Waals surface area contributed by atoms with Gasteiger partial charge in [-0.3, -0.25) is 0 Å². The number of halogens is 4. The third-order valence-corrected chi connectivity index (χ3v) is 4.48. The summed E-state index contributed by atoms with van der Waals surface area (Å²) in [6, 6.07) is 9.51. The zero-order valence-corrected chi connectivity index (χ0v) is 15.0. The lowest BCUT2D eigenvalue weighted by molar-refractivity contribution is -0.200. The first-order valence-electron chi connectivity index (χ1n) is 8.69. The summed E-state index contributed by atoms with van der Waals surface area (Å²) in [7, 11) is 0. The van der Waals surface area contributed by atoms with E-state index < -0.39 is 24.1 Å². The standard InChI is InChI=1S/C20H21F4NO2/c1-12-9-15(11-16(10-12)20(22,23)24)13(2)27-19-18(25-7-8-26-19)14-3-5-17(21)6-4-14/h3-6,9-11,13,18-19,25H,7-8H2,1-2H3/t13-,18+,19-/m1/s1. The molecule has 0 saturated carbocycles. The molecule has 1 heterocycles. The molecule has 7 heteroatoms. The molecule has 0 aromatic heterocycles. The third kappa shape index (κ3) is 4.86. The molecule has 3 rings (SSSR count). The topological polar surface area (TPSA) is 30.5 Å². The van der Waals surface area contributed by atoms with Gasteiger partial charge in [-0.15, -0.1) is 0 Å². The number of rotatable bonds is 4. The average Bonchev–Trinajstić information content (AvgIpc) is 2.62. The van der Waals surface area contributed by atoms with E-state index in [2.05, 4.69) is 5.32 Å². The van der Waals surface area contributed by atoms with Crippen molar-refractivity contribution in [3.8, 4) is 0 Å². The van der Waals surface area contributed by atoms with Crippen molar-refractivity contribution in [3.05, 3.63) is 70.5 Å². The van der Waals surface area contributed by atoms with Gasteiger partial charge in [-0.2, -0.15) is 13.2 Å². The second kappa shape index (κ2) is 7.96. The fourth-order valence-corrected chi connectivity index (χ4v) is 3.14. The first kappa shape index (κ1) is 19.8. The molecule has 3 atom stereocenters. The number of alkyl halides is 3. The summed E-state index contributed by atoms with van der Waals surface area (Å²) >= 11 is 0. The summed E-state index contributed by atoms with van der Waals surface area (Å²) < 4.78 is 64.1. The van der Waals surface area contributed by atoms with Gasteiger partial charge in [0.25, 0.3) is 0 Å². The lowest BCUT2D eigenvalue weighted by Gasteiger charge is -2.34. The summed E-state index contributed by atoms with van der Waals surface area (Å²) in [5, 5.41) is 3.26. The Morgan fingerprint density at radius 3 is 2.52 bits per heavy atom. The molecule has 1 fully saturated rings. The van der Waals surface area contributed by atoms with Crippen LogP contribution in [0.4, 0.5) is 17.6 Å². The number of hydrogen-bond donors (Lipinski definition) is 1. The van der Waals surface area contributed by atoms with Crippen molar-refractivity contribution < 1.29 is 27.0 Å². The van der Waals surface area contributed by atoms with E-state index in [1.54, 1.807) is 32.0 Å². The Kier molecular flexibility index (Phi) is 5.83. The highest BCUT2D eigenvalue weighted by molar-refractivity contribution is 5.32. The minimum atomic E-state index is -4.42. The minimum absolute atomic E-state index is 0.339. The zero-order valence-electron chi connectivity index (χ0n) is 15.0. The van der Waals surface area contributed by atoms with Crippen molar-refractivity contribution >= 4 is 0 Å². The van der Waals surface area contributed by atoms with E-state index in [1.165, 1.54) is 12.1 Å². The second-order valence-electron chi connectivity index (χ2n) is 6.63. The molecule has 1 N–H and O–H groups in total. The highest BCUT2D eigenvalue weighted by atomic mass is 19.4. The van der Waals surface area contributed by atoms with Crippen LogP contribution in [0.25, 0.3) is 0 Å². The Morgan fingerprint density at radius 2 is 1.85 bits per heavy atom. The summed E-state index contributed by atoms with van der Waals surface area (Å²) in [6.45, 7) is 4.32. The Labute approximate surface area is 155 Å². The zero-order chi connectivity index (χ0) is 19.6. The van der Waals surface area contributed by atoms with Crippen LogP contribution in [0.1, 0.15) is 41.3 Å². The molecule has 0 aliphatic carbocycles. The lowest BCUT2D eigenvalue weighted by atomic mass is 10.0. The van der Waals surface area contributed by atoms with Gasteiger partial charge in [0.2, 0.25) is 0 Å². The molecule has 0 spiro atoms. The summed E-state index contributed by atoms with van der Waals surface area (Å²) in [6.07, 6.45) is -5.73. The molecular formula is C20H21F4NO2. The highest BCUT2D eigenvalue weighted by Gasteiger charge is 2.33. The molecule has 0 radical (unpaired) electrons. The van der Waals surface area contributed by atoms with Gasteiger partial charge >= 0.3 is 6.18 Å². The van der Waals surface area contributed by atoms with Gasteiger partial charge in [0, 0.05) is 6.54 Å². The first-order chi connectivity index (χ1) is 12.7. The van der Waals surface area contributed by atoms with Crippen LogP contribution in [-0.2, 0) is 15.7 Å². The van der Waals surface area contributed by atoms with Crippen molar-refractivity contribution in [3.63, 3.8) is 0 Å². The molecule has 146 valence electrons. The van der Waals surface area contributed by atoms with Crippen LogP contribution < -0.4 is 5.32 Å². The SMILES string of the molecule is Cc1cc([C@@H](C)O[C@H]2OCCN[C@H]2c2ccc(F)cc2)cc(C(F)(F)F)c1. The van der Waals surface area contributed by atoms with Crippen molar-refractivity contribution in [2.24, 2.45) is 0 Å². The largest absolute Gasteiger partial charge is 0.416 e. The third-order valence-electron chi connectivity index (χ3n) is 4.48. The van der Waals surface area contributed by atoms with E-state index in [4.69, 9.17) is 9.47 Å². The molecule has 3 nitrogen and oxygen atoms in total. The van der Waals surface area contributed by atoms with E-state index in [0.717, 1.165) is 17.7 Å². The number of morpholine rings is 1. The predicted molar refractivity (Wildman–Crippen MR) is 92.6 cm³/mol. The number of aryl methyl sites for hydroxylation is 1. The fraction of sp³-hybridized carbons (Fsp3) is 0.400. The number of benzene rings is 2. The Hall–Kier alpha value is -1.96. The van der Waals surface area contributed by atoms with Crippen LogP contribution in [0.3, 0.4) is 0 Å². The van der Waals surface area contributed by atoms with Crippen molar-refractivity contribution in [1.82, 2.24) is 5.32 Å². The van der Waals surface area contributed by atoms with E-state index in [1.807, 2.05) is 0 Å². The molecule has 0 amide bonds. The van der Waals surface area contributed by atoms with E-state index >= 15 is 0 Å². The maximum Gasteiger partial charge on any atom is 0.416 e. The van der Waals surface area contributed by atoms with Gasteiger partial charge in [-0.05, 0) is 49.2 Å². The molecule has 2 aromatic rings. The highest BCUT2D eigenvalue weighted by Crippen LogP contribution is 2.34. The van der Waals surface area contributed by atoms with Crippen LogP contribution in [-0.4, -0.2) is 19.4 Å². The molecule has 1 saturated heterocycles. The number of hydrogen-bond acceptors (Lipinski definition) is 3. The fourth-order valence-electron chi connectivity index (χ4n) is 3.14. The molecular weight excluding hydrogens is 362 g/mol. The van der Waals surface area contributed by atoms with Crippen LogP contribution in [0.5, 0.6) is 0 Å². The van der Waals surface area contributed by atoms with Gasteiger partial charge in [0.05, 0.1) is 24.3 Å². The van der Waals surface area contributed by atoms with Gasteiger partial charge in [-0.1, -0.05) is 23.8 Å². The molecule has 0 bridgehead atoms. The van der Waals surface area contributed by atoms with Crippen LogP contribution in [0.15, 0.2) is 42.5 Å².